The molecule has 0 spiro atoms. The lowest BCUT2D eigenvalue weighted by molar-refractivity contribution is -0.137. The number of halogens is 3. The second-order valence-corrected chi connectivity index (χ2v) is 5.74. The summed E-state index contributed by atoms with van der Waals surface area (Å²) in [6, 6.07) is 3.01. The fraction of sp³-hybridized carbons (Fsp3) is 0.176. The van der Waals surface area contributed by atoms with E-state index in [1.54, 1.807) is 13.8 Å². The lowest BCUT2D eigenvalue weighted by atomic mass is 10.0. The summed E-state index contributed by atoms with van der Waals surface area (Å²) in [6.07, 6.45) is -3.06. The fourth-order valence-corrected chi connectivity index (χ4v) is 2.90. The van der Waals surface area contributed by atoms with Crippen LogP contribution in [0, 0.1) is 13.8 Å². The zero-order valence-electron chi connectivity index (χ0n) is 13.2. The molecule has 25 heavy (non-hydrogen) atoms. The Labute approximate surface area is 140 Å². The molecule has 3 rings (SSSR count). The Hall–Kier alpha value is -3.03. The zero-order valence-corrected chi connectivity index (χ0v) is 13.2. The molecule has 0 fully saturated rings. The quantitative estimate of drug-likeness (QED) is 0.720. The number of aromatic nitrogens is 1. The first-order valence-electron chi connectivity index (χ1n) is 7.26. The normalized spacial score (nSPS) is 15.4. The van der Waals surface area contributed by atoms with Crippen molar-refractivity contribution < 1.29 is 27.9 Å². The van der Waals surface area contributed by atoms with Crippen LogP contribution in [0.15, 0.2) is 18.2 Å². The van der Waals surface area contributed by atoms with Gasteiger partial charge in [0.05, 0.1) is 16.7 Å². The number of carboxylic acid groups (broad SMARTS) is 1. The summed E-state index contributed by atoms with van der Waals surface area (Å²) < 4.78 is 38.4. The number of alkyl halides is 3. The van der Waals surface area contributed by atoms with Gasteiger partial charge in [-0.25, -0.2) is 4.79 Å². The van der Waals surface area contributed by atoms with E-state index in [0.29, 0.717) is 22.5 Å². The highest BCUT2D eigenvalue weighted by atomic mass is 19.4. The standard InChI is InChI=1S/C17H13F3N2O3/c1-7-12(21-8(2)14(7)16(24)25)6-11-10-4-3-9(17(18,19)20)5-13(10)22-15(11)23/h3-6,21H,1-2H3,(H,22,23)(H,24,25)/b11-6-. The number of hydrogen-bond acceptors (Lipinski definition) is 2. The summed E-state index contributed by atoms with van der Waals surface area (Å²) in [6.45, 7) is 3.19. The molecule has 1 aromatic carbocycles. The molecule has 0 atom stereocenters. The van der Waals surface area contributed by atoms with E-state index in [4.69, 9.17) is 0 Å². The van der Waals surface area contributed by atoms with E-state index in [-0.39, 0.29) is 16.8 Å². The average Bonchev–Trinajstić information content (AvgIpc) is 2.95. The lowest BCUT2D eigenvalue weighted by Crippen LogP contribution is -2.06. The maximum Gasteiger partial charge on any atom is 0.416 e. The van der Waals surface area contributed by atoms with Crippen LogP contribution in [0.1, 0.15) is 38.4 Å². The molecule has 2 aromatic rings. The third kappa shape index (κ3) is 2.79. The average molecular weight is 350 g/mol. The van der Waals surface area contributed by atoms with Gasteiger partial charge in [0.25, 0.3) is 5.91 Å². The molecule has 0 radical (unpaired) electrons. The topological polar surface area (TPSA) is 82.2 Å². The predicted octanol–water partition coefficient (Wildman–Crippen LogP) is 3.84. The molecular weight excluding hydrogens is 337 g/mol. The van der Waals surface area contributed by atoms with E-state index in [2.05, 4.69) is 10.3 Å². The zero-order chi connectivity index (χ0) is 18.5. The summed E-state index contributed by atoms with van der Waals surface area (Å²) in [5.41, 5.74) is 1.14. The largest absolute Gasteiger partial charge is 0.478 e. The number of rotatable bonds is 2. The highest BCUT2D eigenvalue weighted by Crippen LogP contribution is 2.38. The smallest absolute Gasteiger partial charge is 0.416 e. The summed E-state index contributed by atoms with van der Waals surface area (Å²) in [5, 5.41) is 11.6. The first-order valence-corrected chi connectivity index (χ1v) is 7.26. The number of hydrogen-bond donors (Lipinski definition) is 3. The van der Waals surface area contributed by atoms with Crippen molar-refractivity contribution in [3.05, 3.63) is 51.8 Å². The molecule has 0 unspecified atom stereocenters. The van der Waals surface area contributed by atoms with Crippen LogP contribution in [0.2, 0.25) is 0 Å². The molecule has 8 heteroatoms. The number of nitrogens with one attached hydrogen (secondary N) is 2. The third-order valence-corrected chi connectivity index (χ3v) is 4.11. The molecular formula is C17H13F3N2O3. The third-order valence-electron chi connectivity index (χ3n) is 4.11. The van der Waals surface area contributed by atoms with Gasteiger partial charge in [-0.2, -0.15) is 13.2 Å². The minimum absolute atomic E-state index is 0.0745. The number of carboxylic acids is 1. The van der Waals surface area contributed by atoms with Gasteiger partial charge in [-0.05, 0) is 37.6 Å². The molecule has 1 aromatic heterocycles. The second-order valence-electron chi connectivity index (χ2n) is 5.74. The SMILES string of the molecule is Cc1[nH]c(/C=C2\C(=O)Nc3cc(C(F)(F)F)ccc32)c(C)c1C(=O)O. The minimum atomic E-state index is -4.50. The van der Waals surface area contributed by atoms with Crippen LogP contribution >= 0.6 is 0 Å². The van der Waals surface area contributed by atoms with E-state index in [1.165, 1.54) is 12.1 Å². The molecule has 3 N–H and O–H groups in total. The van der Waals surface area contributed by atoms with Gasteiger partial charge >= 0.3 is 12.1 Å². The van der Waals surface area contributed by atoms with Crippen LogP contribution in [0.4, 0.5) is 18.9 Å². The molecule has 1 aliphatic heterocycles. The van der Waals surface area contributed by atoms with Crippen LogP contribution in [-0.2, 0) is 11.0 Å². The maximum absolute atomic E-state index is 12.8. The van der Waals surface area contributed by atoms with Crippen LogP contribution in [0.5, 0.6) is 0 Å². The van der Waals surface area contributed by atoms with Gasteiger partial charge in [0.1, 0.15) is 0 Å². The Kier molecular flexibility index (Phi) is 3.70. The van der Waals surface area contributed by atoms with Gasteiger partial charge in [-0.3, -0.25) is 4.79 Å². The number of aryl methyl sites for hydroxylation is 1. The predicted molar refractivity (Wildman–Crippen MR) is 85.2 cm³/mol. The van der Waals surface area contributed by atoms with Crippen molar-refractivity contribution in [1.29, 1.82) is 0 Å². The Morgan fingerprint density at radius 2 is 1.92 bits per heavy atom. The van der Waals surface area contributed by atoms with Crippen LogP contribution < -0.4 is 5.32 Å². The monoisotopic (exact) mass is 350 g/mol. The molecule has 5 nitrogen and oxygen atoms in total. The highest BCUT2D eigenvalue weighted by molar-refractivity contribution is 6.35. The summed E-state index contributed by atoms with van der Waals surface area (Å²) in [5.74, 6) is -1.64. The number of aromatic carboxylic acids is 1. The van der Waals surface area contributed by atoms with Gasteiger partial charge in [-0.15, -0.1) is 0 Å². The number of benzene rings is 1. The van der Waals surface area contributed by atoms with E-state index >= 15 is 0 Å². The number of amides is 1. The van der Waals surface area contributed by atoms with Crippen LogP contribution in [0.25, 0.3) is 11.6 Å². The minimum Gasteiger partial charge on any atom is -0.478 e. The number of carbonyl (C=O) groups is 2. The van der Waals surface area contributed by atoms with Gasteiger partial charge in [0.15, 0.2) is 0 Å². The summed E-state index contributed by atoms with van der Waals surface area (Å²) >= 11 is 0. The summed E-state index contributed by atoms with van der Waals surface area (Å²) in [4.78, 5) is 26.3. The Bertz CT molecular complexity index is 939. The van der Waals surface area contributed by atoms with E-state index < -0.39 is 23.6 Å². The Balaban J connectivity index is 2.09. The van der Waals surface area contributed by atoms with Crippen LogP contribution in [0.3, 0.4) is 0 Å². The maximum atomic E-state index is 12.8. The Morgan fingerprint density at radius 3 is 2.48 bits per heavy atom. The molecule has 0 saturated carbocycles. The first-order chi connectivity index (χ1) is 11.6. The van der Waals surface area contributed by atoms with Gasteiger partial charge in [0, 0.05) is 22.6 Å². The van der Waals surface area contributed by atoms with Crippen LogP contribution in [-0.4, -0.2) is 22.0 Å². The second kappa shape index (κ2) is 5.51. The number of anilines is 1. The fourth-order valence-electron chi connectivity index (χ4n) is 2.90. The molecule has 0 saturated heterocycles. The number of H-pyrrole nitrogens is 1. The highest BCUT2D eigenvalue weighted by Gasteiger charge is 2.33. The van der Waals surface area contributed by atoms with Crippen molar-refractivity contribution >= 4 is 29.2 Å². The van der Waals surface area contributed by atoms with Crippen molar-refractivity contribution in [1.82, 2.24) is 4.98 Å². The molecule has 0 bridgehead atoms. The van der Waals surface area contributed by atoms with Gasteiger partial charge in [0.2, 0.25) is 0 Å². The molecule has 0 aliphatic carbocycles. The van der Waals surface area contributed by atoms with Crippen molar-refractivity contribution in [3.63, 3.8) is 0 Å². The molecule has 1 aliphatic rings. The van der Waals surface area contributed by atoms with E-state index in [0.717, 1.165) is 12.1 Å². The van der Waals surface area contributed by atoms with Gasteiger partial charge < -0.3 is 15.4 Å². The van der Waals surface area contributed by atoms with Crippen molar-refractivity contribution in [3.8, 4) is 0 Å². The molecule has 130 valence electrons. The number of aromatic amines is 1. The van der Waals surface area contributed by atoms with Crippen molar-refractivity contribution in [2.24, 2.45) is 0 Å². The van der Waals surface area contributed by atoms with Crippen molar-refractivity contribution in [2.75, 3.05) is 5.32 Å². The Morgan fingerprint density at radius 1 is 1.24 bits per heavy atom. The number of fused-ring (bicyclic) bond motifs is 1. The van der Waals surface area contributed by atoms with Crippen molar-refractivity contribution in [2.45, 2.75) is 20.0 Å². The summed E-state index contributed by atoms with van der Waals surface area (Å²) in [7, 11) is 0. The van der Waals surface area contributed by atoms with E-state index in [1.807, 2.05) is 0 Å². The number of carbonyl (C=O) groups excluding carboxylic acids is 1. The molecule has 2 heterocycles. The molecule has 1 amide bonds. The van der Waals surface area contributed by atoms with E-state index in [9.17, 15) is 27.9 Å². The van der Waals surface area contributed by atoms with Gasteiger partial charge in [-0.1, -0.05) is 6.07 Å². The lowest BCUT2D eigenvalue weighted by Gasteiger charge is -2.08. The first kappa shape index (κ1) is 16.8.